The molecule has 2 rings (SSSR count). The fraction of sp³-hybridized carbons (Fsp3) is 0.455. The molecule has 1 aliphatic rings. The largest absolute Gasteiger partial charge is 0.353 e. The number of hydrogen-bond donors (Lipinski definition) is 1. The van der Waals surface area contributed by atoms with Crippen LogP contribution in [0.15, 0.2) is 18.3 Å². The summed E-state index contributed by atoms with van der Waals surface area (Å²) < 4.78 is 0. The van der Waals surface area contributed by atoms with Crippen LogP contribution in [0.2, 0.25) is 0 Å². The van der Waals surface area contributed by atoms with Crippen molar-refractivity contribution in [1.29, 1.82) is 5.26 Å². The summed E-state index contributed by atoms with van der Waals surface area (Å²) in [5.74, 6) is 0.813. The fourth-order valence-corrected chi connectivity index (χ4v) is 1.86. The lowest BCUT2D eigenvalue weighted by molar-refractivity contribution is 0.482. The summed E-state index contributed by atoms with van der Waals surface area (Å²) >= 11 is 0. The van der Waals surface area contributed by atoms with Crippen molar-refractivity contribution in [2.45, 2.75) is 13.0 Å². The maximum Gasteiger partial charge on any atom is 0.146 e. The van der Waals surface area contributed by atoms with Gasteiger partial charge in [-0.05, 0) is 19.1 Å². The number of aromatic nitrogens is 1. The molecule has 0 aromatic carbocycles. The smallest absolute Gasteiger partial charge is 0.146 e. The monoisotopic (exact) mass is 202 g/mol. The number of hydrogen-bond acceptors (Lipinski definition) is 4. The summed E-state index contributed by atoms with van der Waals surface area (Å²) in [7, 11) is 0. The highest BCUT2D eigenvalue weighted by Gasteiger charge is 2.18. The van der Waals surface area contributed by atoms with Crippen LogP contribution in [0.3, 0.4) is 0 Å². The second-order valence-corrected chi connectivity index (χ2v) is 3.79. The zero-order chi connectivity index (χ0) is 10.7. The number of piperazine rings is 1. The number of nitrogens with one attached hydrogen (secondary N) is 1. The van der Waals surface area contributed by atoms with Crippen molar-refractivity contribution in [3.05, 3.63) is 23.9 Å². The molecule has 2 heterocycles. The lowest BCUT2D eigenvalue weighted by Crippen LogP contribution is -2.49. The van der Waals surface area contributed by atoms with Crippen LogP contribution in [-0.4, -0.2) is 30.7 Å². The van der Waals surface area contributed by atoms with Gasteiger partial charge in [-0.15, -0.1) is 0 Å². The zero-order valence-electron chi connectivity index (χ0n) is 8.77. The van der Waals surface area contributed by atoms with Crippen molar-refractivity contribution in [3.8, 4) is 6.07 Å². The Morgan fingerprint density at radius 1 is 1.67 bits per heavy atom. The van der Waals surface area contributed by atoms with Crippen molar-refractivity contribution in [1.82, 2.24) is 10.3 Å². The Morgan fingerprint density at radius 3 is 3.27 bits per heavy atom. The first-order valence-corrected chi connectivity index (χ1v) is 5.14. The van der Waals surface area contributed by atoms with Crippen molar-refractivity contribution < 1.29 is 0 Å². The standard InChI is InChI=1S/C11H14N4/c1-9-8-15(6-5-13-9)11-10(7-12)3-2-4-14-11/h2-4,9,13H,5-6,8H2,1H3. The molecule has 1 aliphatic heterocycles. The molecular weight excluding hydrogens is 188 g/mol. The number of pyridine rings is 1. The molecule has 0 radical (unpaired) electrons. The molecule has 0 saturated carbocycles. The van der Waals surface area contributed by atoms with Crippen LogP contribution in [-0.2, 0) is 0 Å². The predicted molar refractivity (Wildman–Crippen MR) is 58.6 cm³/mol. The maximum absolute atomic E-state index is 8.98. The van der Waals surface area contributed by atoms with Crippen LogP contribution < -0.4 is 10.2 Å². The highest BCUT2D eigenvalue weighted by molar-refractivity contribution is 5.53. The van der Waals surface area contributed by atoms with E-state index in [1.165, 1.54) is 0 Å². The third-order valence-corrected chi connectivity index (χ3v) is 2.58. The fourth-order valence-electron chi connectivity index (χ4n) is 1.86. The van der Waals surface area contributed by atoms with Gasteiger partial charge in [-0.25, -0.2) is 4.98 Å². The molecule has 1 aromatic rings. The van der Waals surface area contributed by atoms with Crippen LogP contribution in [0.5, 0.6) is 0 Å². The van der Waals surface area contributed by atoms with Crippen LogP contribution in [0.4, 0.5) is 5.82 Å². The molecule has 0 bridgehead atoms. The van der Waals surface area contributed by atoms with Gasteiger partial charge in [-0.3, -0.25) is 0 Å². The predicted octanol–water partition coefficient (Wildman–Crippen LogP) is 0.751. The van der Waals surface area contributed by atoms with Crippen LogP contribution in [0, 0.1) is 11.3 Å². The Balaban J connectivity index is 2.25. The summed E-state index contributed by atoms with van der Waals surface area (Å²) in [6.45, 7) is 4.91. The van der Waals surface area contributed by atoms with Crippen molar-refractivity contribution in [2.75, 3.05) is 24.5 Å². The lowest BCUT2D eigenvalue weighted by Gasteiger charge is -2.33. The minimum Gasteiger partial charge on any atom is -0.353 e. The van der Waals surface area contributed by atoms with Gasteiger partial charge in [0.2, 0.25) is 0 Å². The number of nitrogens with zero attached hydrogens (tertiary/aromatic N) is 3. The van der Waals surface area contributed by atoms with Crippen LogP contribution >= 0.6 is 0 Å². The average molecular weight is 202 g/mol. The molecule has 1 unspecified atom stereocenters. The molecule has 4 nitrogen and oxygen atoms in total. The van der Waals surface area contributed by atoms with Gasteiger partial charge < -0.3 is 10.2 Å². The SMILES string of the molecule is CC1CN(c2ncccc2C#N)CCN1. The zero-order valence-corrected chi connectivity index (χ0v) is 8.77. The quantitative estimate of drug-likeness (QED) is 0.730. The summed E-state index contributed by atoms with van der Waals surface area (Å²) in [5, 5.41) is 12.3. The third-order valence-electron chi connectivity index (χ3n) is 2.58. The van der Waals surface area contributed by atoms with Gasteiger partial charge in [0.25, 0.3) is 0 Å². The van der Waals surface area contributed by atoms with Gasteiger partial charge >= 0.3 is 0 Å². The summed E-state index contributed by atoms with van der Waals surface area (Å²) in [6.07, 6.45) is 1.74. The van der Waals surface area contributed by atoms with Crippen molar-refractivity contribution >= 4 is 5.82 Å². The Kier molecular flexibility index (Phi) is 2.84. The second-order valence-electron chi connectivity index (χ2n) is 3.79. The topological polar surface area (TPSA) is 52.0 Å². The lowest BCUT2D eigenvalue weighted by atomic mass is 10.2. The highest BCUT2D eigenvalue weighted by atomic mass is 15.2. The van der Waals surface area contributed by atoms with Gasteiger partial charge in [-0.1, -0.05) is 0 Å². The molecular formula is C11H14N4. The Bertz CT molecular complexity index is 382. The minimum absolute atomic E-state index is 0.451. The van der Waals surface area contributed by atoms with E-state index in [1.807, 2.05) is 6.07 Å². The summed E-state index contributed by atoms with van der Waals surface area (Å²) in [6, 6.07) is 6.25. The molecule has 1 aromatic heterocycles. The molecule has 78 valence electrons. The van der Waals surface area contributed by atoms with Gasteiger partial charge in [0.05, 0.1) is 5.56 Å². The molecule has 1 saturated heterocycles. The first kappa shape index (κ1) is 9.94. The Labute approximate surface area is 89.5 Å². The van der Waals surface area contributed by atoms with Crippen LogP contribution in [0.1, 0.15) is 12.5 Å². The van der Waals surface area contributed by atoms with Gasteiger partial charge in [0.15, 0.2) is 0 Å². The van der Waals surface area contributed by atoms with Gasteiger partial charge in [-0.2, -0.15) is 5.26 Å². The van der Waals surface area contributed by atoms with Gasteiger partial charge in [0, 0.05) is 31.9 Å². The number of anilines is 1. The van der Waals surface area contributed by atoms with Crippen molar-refractivity contribution in [3.63, 3.8) is 0 Å². The van der Waals surface area contributed by atoms with E-state index in [9.17, 15) is 0 Å². The Hall–Kier alpha value is -1.60. The molecule has 15 heavy (non-hydrogen) atoms. The van der Waals surface area contributed by atoms with E-state index in [-0.39, 0.29) is 0 Å². The van der Waals surface area contributed by atoms with E-state index in [0.29, 0.717) is 11.6 Å². The van der Waals surface area contributed by atoms with E-state index in [1.54, 1.807) is 12.3 Å². The van der Waals surface area contributed by atoms with Crippen molar-refractivity contribution in [2.24, 2.45) is 0 Å². The summed E-state index contributed by atoms with van der Waals surface area (Å²) in [4.78, 5) is 6.45. The Morgan fingerprint density at radius 2 is 2.53 bits per heavy atom. The summed E-state index contributed by atoms with van der Waals surface area (Å²) in [5.41, 5.74) is 0.659. The maximum atomic E-state index is 8.98. The first-order chi connectivity index (χ1) is 7.31. The first-order valence-electron chi connectivity index (χ1n) is 5.14. The number of nitriles is 1. The van der Waals surface area contributed by atoms with E-state index in [0.717, 1.165) is 25.5 Å². The van der Waals surface area contributed by atoms with E-state index in [2.05, 4.69) is 28.2 Å². The van der Waals surface area contributed by atoms with Crippen LogP contribution in [0.25, 0.3) is 0 Å². The van der Waals surface area contributed by atoms with E-state index in [4.69, 9.17) is 5.26 Å². The highest BCUT2D eigenvalue weighted by Crippen LogP contribution is 2.17. The van der Waals surface area contributed by atoms with Gasteiger partial charge in [0.1, 0.15) is 11.9 Å². The average Bonchev–Trinajstić information content (AvgIpc) is 2.29. The molecule has 0 aliphatic carbocycles. The van der Waals surface area contributed by atoms with E-state index >= 15 is 0 Å². The molecule has 4 heteroatoms. The molecule has 0 spiro atoms. The normalized spacial score (nSPS) is 21.1. The molecule has 1 atom stereocenters. The molecule has 1 N–H and O–H groups in total. The minimum atomic E-state index is 0.451. The molecule has 1 fully saturated rings. The third kappa shape index (κ3) is 2.08. The molecule has 0 amide bonds. The second kappa shape index (κ2) is 4.28. The number of rotatable bonds is 1. The van der Waals surface area contributed by atoms with E-state index < -0.39 is 0 Å².